The Balaban J connectivity index is 1.49. The maximum absolute atomic E-state index is 13.3. The van der Waals surface area contributed by atoms with Crippen molar-refractivity contribution in [3.8, 4) is 0 Å². The minimum Gasteiger partial charge on any atom is -0.381 e. The first-order chi connectivity index (χ1) is 13.6. The zero-order chi connectivity index (χ0) is 19.6. The van der Waals surface area contributed by atoms with Gasteiger partial charge in [0.15, 0.2) is 0 Å². The van der Waals surface area contributed by atoms with Gasteiger partial charge in [0.05, 0.1) is 12.0 Å². The molecule has 1 fully saturated rings. The van der Waals surface area contributed by atoms with Gasteiger partial charge in [-0.1, -0.05) is 30.3 Å². The summed E-state index contributed by atoms with van der Waals surface area (Å²) >= 11 is 0. The van der Waals surface area contributed by atoms with Crippen LogP contribution < -0.4 is 5.32 Å². The van der Waals surface area contributed by atoms with Crippen LogP contribution in [0.1, 0.15) is 40.7 Å². The highest BCUT2D eigenvalue weighted by Gasteiger charge is 2.45. The summed E-state index contributed by atoms with van der Waals surface area (Å²) in [6.45, 7) is 1.83. The predicted octanol–water partition coefficient (Wildman–Crippen LogP) is 3.04. The van der Waals surface area contributed by atoms with Gasteiger partial charge in [-0.15, -0.1) is 0 Å². The smallest absolute Gasteiger partial charge is 0.254 e. The Morgan fingerprint density at radius 3 is 2.68 bits per heavy atom. The normalized spacial score (nSPS) is 18.0. The highest BCUT2D eigenvalue weighted by molar-refractivity contribution is 5.99. The van der Waals surface area contributed by atoms with Gasteiger partial charge in [-0.05, 0) is 42.2 Å². The molecule has 2 aromatic rings. The third-order valence-corrected chi connectivity index (χ3v) is 5.69. The van der Waals surface area contributed by atoms with Crippen LogP contribution in [0.2, 0.25) is 0 Å². The van der Waals surface area contributed by atoms with Crippen LogP contribution in [0.25, 0.3) is 0 Å². The van der Waals surface area contributed by atoms with Gasteiger partial charge in [0.25, 0.3) is 5.91 Å². The van der Waals surface area contributed by atoms with E-state index in [1.54, 1.807) is 12.1 Å². The Morgan fingerprint density at radius 2 is 1.93 bits per heavy atom. The number of halogens is 1. The van der Waals surface area contributed by atoms with Crippen LogP contribution in [-0.4, -0.2) is 35.5 Å². The van der Waals surface area contributed by atoms with Crippen LogP contribution in [0.15, 0.2) is 48.5 Å². The molecule has 0 unspecified atom stereocenters. The number of hydrogen-bond acceptors (Lipinski definition) is 3. The van der Waals surface area contributed by atoms with E-state index in [0.717, 1.165) is 5.56 Å². The lowest BCUT2D eigenvalue weighted by atomic mass is 9.84. The van der Waals surface area contributed by atoms with Crippen molar-refractivity contribution >= 4 is 11.8 Å². The summed E-state index contributed by atoms with van der Waals surface area (Å²) in [5.41, 5.74) is 1.87. The first kappa shape index (κ1) is 18.6. The molecule has 28 heavy (non-hydrogen) atoms. The minimum atomic E-state index is -0.555. The van der Waals surface area contributed by atoms with Crippen LogP contribution in [0.4, 0.5) is 4.39 Å². The van der Waals surface area contributed by atoms with E-state index >= 15 is 0 Å². The molecular weight excluding hydrogens is 359 g/mol. The van der Waals surface area contributed by atoms with Gasteiger partial charge in [0.2, 0.25) is 5.91 Å². The minimum absolute atomic E-state index is 0.0181. The number of carbonyl (C=O) groups excluding carboxylic acids is 2. The van der Waals surface area contributed by atoms with Crippen LogP contribution in [0.5, 0.6) is 0 Å². The van der Waals surface area contributed by atoms with E-state index in [-0.39, 0.29) is 30.6 Å². The Labute approximate surface area is 163 Å². The number of ether oxygens (including phenoxy) is 1. The third kappa shape index (κ3) is 3.64. The summed E-state index contributed by atoms with van der Waals surface area (Å²) < 4.78 is 18.8. The average Bonchev–Trinajstić information content (AvgIpc) is 3.05. The summed E-state index contributed by atoms with van der Waals surface area (Å²) in [4.78, 5) is 27.6. The van der Waals surface area contributed by atoms with Crippen molar-refractivity contribution in [1.29, 1.82) is 0 Å². The fourth-order valence-electron chi connectivity index (χ4n) is 4.14. The number of nitrogens with zero attached hydrogens (tertiary/aromatic N) is 1. The summed E-state index contributed by atoms with van der Waals surface area (Å²) in [6.07, 6.45) is 1.46. The van der Waals surface area contributed by atoms with Crippen molar-refractivity contribution in [1.82, 2.24) is 10.2 Å². The van der Waals surface area contributed by atoms with Gasteiger partial charge >= 0.3 is 0 Å². The standard InChI is InChI=1S/C22H23FN2O3/c23-18-6-3-4-16(12-18)14-24-20(26)13-22(8-10-28-11-9-22)25-15-17-5-1-2-7-19(17)21(25)27/h1-7,12H,8-11,13-15H2,(H,24,26). The second-order valence-electron chi connectivity index (χ2n) is 7.47. The van der Waals surface area contributed by atoms with E-state index < -0.39 is 5.54 Å². The molecule has 2 aliphatic rings. The molecule has 2 aromatic carbocycles. The molecule has 1 N–H and O–H groups in total. The van der Waals surface area contributed by atoms with Gasteiger partial charge in [-0.25, -0.2) is 4.39 Å². The monoisotopic (exact) mass is 382 g/mol. The van der Waals surface area contributed by atoms with Crippen LogP contribution >= 0.6 is 0 Å². The summed E-state index contributed by atoms with van der Waals surface area (Å²) in [5, 5.41) is 2.87. The summed E-state index contributed by atoms with van der Waals surface area (Å²) in [5.74, 6) is -0.488. The number of benzene rings is 2. The summed E-state index contributed by atoms with van der Waals surface area (Å²) in [6, 6.07) is 13.8. The molecule has 0 saturated carbocycles. The molecule has 0 aliphatic carbocycles. The first-order valence-corrected chi connectivity index (χ1v) is 9.56. The summed E-state index contributed by atoms with van der Waals surface area (Å²) in [7, 11) is 0. The zero-order valence-corrected chi connectivity index (χ0v) is 15.6. The molecule has 0 aromatic heterocycles. The topological polar surface area (TPSA) is 58.6 Å². The number of carbonyl (C=O) groups is 2. The fourth-order valence-corrected chi connectivity index (χ4v) is 4.14. The fraction of sp³-hybridized carbons (Fsp3) is 0.364. The molecule has 0 spiro atoms. The van der Waals surface area contributed by atoms with E-state index in [9.17, 15) is 14.0 Å². The van der Waals surface area contributed by atoms with Gasteiger partial charge in [-0.2, -0.15) is 0 Å². The number of fused-ring (bicyclic) bond motifs is 1. The van der Waals surface area contributed by atoms with E-state index in [1.165, 1.54) is 12.1 Å². The first-order valence-electron chi connectivity index (χ1n) is 9.56. The highest BCUT2D eigenvalue weighted by Crippen LogP contribution is 2.38. The van der Waals surface area contributed by atoms with Gasteiger partial charge < -0.3 is 15.0 Å². The molecule has 0 atom stereocenters. The number of hydrogen-bond donors (Lipinski definition) is 1. The van der Waals surface area contributed by atoms with E-state index in [0.29, 0.717) is 43.7 Å². The molecule has 4 rings (SSSR count). The van der Waals surface area contributed by atoms with Crippen LogP contribution in [0, 0.1) is 5.82 Å². The Morgan fingerprint density at radius 1 is 1.14 bits per heavy atom. The van der Waals surface area contributed by atoms with Crippen molar-refractivity contribution in [2.45, 2.75) is 37.9 Å². The van der Waals surface area contributed by atoms with Crippen molar-refractivity contribution in [2.24, 2.45) is 0 Å². The van der Waals surface area contributed by atoms with Crippen molar-refractivity contribution in [2.75, 3.05) is 13.2 Å². The second-order valence-corrected chi connectivity index (χ2v) is 7.47. The van der Waals surface area contributed by atoms with E-state index in [4.69, 9.17) is 4.74 Å². The zero-order valence-electron chi connectivity index (χ0n) is 15.6. The molecule has 2 aliphatic heterocycles. The lowest BCUT2D eigenvalue weighted by Gasteiger charge is -2.44. The molecule has 146 valence electrons. The largest absolute Gasteiger partial charge is 0.381 e. The van der Waals surface area contributed by atoms with Crippen LogP contribution in [-0.2, 0) is 22.6 Å². The van der Waals surface area contributed by atoms with E-state index in [2.05, 4.69) is 5.32 Å². The SMILES string of the molecule is O=C(CC1(N2Cc3ccccc3C2=O)CCOCC1)NCc1cccc(F)c1. The highest BCUT2D eigenvalue weighted by atomic mass is 19.1. The molecule has 6 heteroatoms. The van der Waals surface area contributed by atoms with Crippen molar-refractivity contribution in [3.05, 3.63) is 71.0 Å². The Kier molecular flexibility index (Phi) is 5.13. The van der Waals surface area contributed by atoms with E-state index in [1.807, 2.05) is 29.2 Å². The Bertz CT molecular complexity index is 893. The molecule has 5 nitrogen and oxygen atoms in total. The number of amides is 2. The predicted molar refractivity (Wildman–Crippen MR) is 102 cm³/mol. The second kappa shape index (κ2) is 7.72. The molecule has 2 amide bonds. The maximum Gasteiger partial charge on any atom is 0.254 e. The van der Waals surface area contributed by atoms with Crippen LogP contribution in [0.3, 0.4) is 0 Å². The van der Waals surface area contributed by atoms with Gasteiger partial charge in [-0.3, -0.25) is 9.59 Å². The van der Waals surface area contributed by atoms with Crippen molar-refractivity contribution in [3.63, 3.8) is 0 Å². The van der Waals surface area contributed by atoms with Gasteiger partial charge in [0, 0.05) is 31.9 Å². The average molecular weight is 382 g/mol. The molecule has 0 radical (unpaired) electrons. The molecule has 1 saturated heterocycles. The van der Waals surface area contributed by atoms with Crippen molar-refractivity contribution < 1.29 is 18.7 Å². The molecule has 0 bridgehead atoms. The lowest BCUT2D eigenvalue weighted by molar-refractivity contribution is -0.126. The van der Waals surface area contributed by atoms with Gasteiger partial charge in [0.1, 0.15) is 5.82 Å². The quantitative estimate of drug-likeness (QED) is 0.865. The number of rotatable bonds is 5. The third-order valence-electron chi connectivity index (χ3n) is 5.69. The number of nitrogens with one attached hydrogen (secondary N) is 1. The lowest BCUT2D eigenvalue weighted by Crippen LogP contribution is -2.54. The maximum atomic E-state index is 13.3. The molecule has 2 heterocycles. The Hall–Kier alpha value is -2.73. The molecular formula is C22H23FN2O3.